The van der Waals surface area contributed by atoms with Crippen molar-refractivity contribution >= 4 is 45.3 Å². The zero-order chi connectivity index (χ0) is 47.8. The van der Waals surface area contributed by atoms with Crippen LogP contribution in [0.15, 0.2) is 130 Å². The van der Waals surface area contributed by atoms with Gasteiger partial charge in [0.15, 0.2) is 0 Å². The van der Waals surface area contributed by atoms with E-state index in [0.29, 0.717) is 11.1 Å². The van der Waals surface area contributed by atoms with E-state index in [2.05, 4.69) is 147 Å². The summed E-state index contributed by atoms with van der Waals surface area (Å²) in [5.74, 6) is 0.256. The average Bonchev–Trinajstić information content (AvgIpc) is 3.36. The molecule has 10 nitrogen and oxygen atoms in total. The Kier molecular flexibility index (Phi) is 18.6. The molecule has 12 heteroatoms. The lowest BCUT2D eigenvalue weighted by Crippen LogP contribution is -3.00. The predicted octanol–water partition coefficient (Wildman–Crippen LogP) is 5.22. The Balaban J connectivity index is 0.000000250. The summed E-state index contributed by atoms with van der Waals surface area (Å²) in [6, 6.07) is 39.9. The monoisotopic (exact) mass is 970 g/mol. The fourth-order valence-electron chi connectivity index (χ4n) is 9.33. The summed E-state index contributed by atoms with van der Waals surface area (Å²) in [4.78, 5) is 29.3. The van der Waals surface area contributed by atoms with E-state index in [-0.39, 0.29) is 36.3 Å². The number of carbonyl (C=O) groups is 2. The van der Waals surface area contributed by atoms with Crippen molar-refractivity contribution in [1.29, 1.82) is 0 Å². The molecule has 1 N–H and O–H groups in total. The van der Waals surface area contributed by atoms with Crippen molar-refractivity contribution in [2.75, 3.05) is 69.3 Å². The van der Waals surface area contributed by atoms with Crippen LogP contribution in [0.3, 0.4) is 0 Å². The van der Waals surface area contributed by atoms with E-state index in [9.17, 15) is 14.7 Å². The second-order valence-corrected chi connectivity index (χ2v) is 16.3. The van der Waals surface area contributed by atoms with Gasteiger partial charge in [-0.15, -0.1) is 0 Å². The van der Waals surface area contributed by atoms with E-state index < -0.39 is 5.97 Å². The molecule has 0 saturated carbocycles. The third-order valence-corrected chi connectivity index (χ3v) is 12.9. The fraction of sp³-hybridized carbons (Fsp3) is 0.298. The summed E-state index contributed by atoms with van der Waals surface area (Å²) in [7, 11) is 1.42. The number of carbonyl (C=O) groups excluding carboxylic acids is 1. The minimum Gasteiger partial charge on any atom is -1.00 e. The standard InChI is InChI=1S/C29H33N2O3.C28H30N2O3.2ClH/c1-6-30(7-2)20-14-16-24-26(18-20)34-27-19-21(31(8-3)9-4)15-17-25(27)28(24)22-12-10-11-13-23(22)29(32)33-5;1-5-29(6-2)19-13-15-23-25(17-19)33-26-18-20(30(7-3)8-4)14-16-24(26)27(23)21-11-9-10-12-22(21)28(31)32;;/h10-19H,6-9H2,1-5H3;9-18H,5-8H2,1-4H3;2*1H/q+1;;;/p-1. The Bertz CT molecular complexity index is 3140. The van der Waals surface area contributed by atoms with Crippen molar-refractivity contribution in [1.82, 2.24) is 9.15 Å². The van der Waals surface area contributed by atoms with E-state index >= 15 is 0 Å². The normalized spacial score (nSPS) is 10.8. The Labute approximate surface area is 418 Å². The van der Waals surface area contributed by atoms with Crippen LogP contribution in [0.4, 0.5) is 11.4 Å². The molecule has 0 bridgehead atoms. The molecule has 0 atom stereocenters. The van der Waals surface area contributed by atoms with E-state index in [1.165, 1.54) is 7.11 Å². The van der Waals surface area contributed by atoms with Crippen molar-refractivity contribution < 1.29 is 53.1 Å². The zero-order valence-corrected chi connectivity index (χ0v) is 42.7. The zero-order valence-electron chi connectivity index (χ0n) is 41.2. The molecule has 8 rings (SSSR count). The summed E-state index contributed by atoms with van der Waals surface area (Å²) in [5, 5.41) is 14.0. The molecule has 362 valence electrons. The van der Waals surface area contributed by atoms with Gasteiger partial charge >= 0.3 is 11.9 Å². The van der Waals surface area contributed by atoms with Crippen LogP contribution in [-0.2, 0) is 4.74 Å². The van der Waals surface area contributed by atoms with Gasteiger partial charge in [0.05, 0.1) is 30.4 Å². The van der Waals surface area contributed by atoms with Crippen LogP contribution < -0.4 is 54.5 Å². The number of ether oxygens (including phenoxy) is 1. The SMILES string of the molecule is CCN(CC)c1ccc2c(-c3ccccc3C(=O)O)c3ccc(=[N+](CC)CC)cc-3oc2c1.CCN(CC)c1ccc2c(-c3ccccc3C(=O)OC)c3ccc(=[N+](CC)CC)cc-3oc2c1.[Cl-].[Cl-]. The first-order chi connectivity index (χ1) is 32.6. The molecule has 0 fully saturated rings. The maximum atomic E-state index is 12.7. The van der Waals surface area contributed by atoms with Gasteiger partial charge in [-0.3, -0.25) is 0 Å². The lowest BCUT2D eigenvalue weighted by molar-refractivity contribution is -0.00100. The number of halogens is 2. The smallest absolute Gasteiger partial charge is 0.338 e. The molecule has 0 aromatic heterocycles. The molecular weight excluding hydrogens is 908 g/mol. The Morgan fingerprint density at radius 1 is 0.507 bits per heavy atom. The first-order valence-corrected chi connectivity index (χ1v) is 23.7. The highest BCUT2D eigenvalue weighted by atomic mass is 35.5. The third-order valence-electron chi connectivity index (χ3n) is 12.9. The van der Waals surface area contributed by atoms with Crippen LogP contribution in [0, 0.1) is 0 Å². The molecule has 4 aliphatic rings. The molecule has 0 spiro atoms. The van der Waals surface area contributed by atoms with Gasteiger partial charge in [0.25, 0.3) is 0 Å². The summed E-state index contributed by atoms with van der Waals surface area (Å²) >= 11 is 0. The first kappa shape index (κ1) is 53.3. The number of fused-ring (bicyclic) bond motifs is 4. The van der Waals surface area contributed by atoms with Crippen molar-refractivity contribution in [3.63, 3.8) is 0 Å². The van der Waals surface area contributed by atoms with Gasteiger partial charge in [-0.25, -0.2) is 18.7 Å². The number of nitrogens with zero attached hydrogens (tertiary/aromatic N) is 4. The van der Waals surface area contributed by atoms with E-state index in [4.69, 9.17) is 13.6 Å². The lowest BCUT2D eigenvalue weighted by Gasteiger charge is -2.22. The minimum absolute atomic E-state index is 0. The highest BCUT2D eigenvalue weighted by Crippen LogP contribution is 2.44. The minimum atomic E-state index is -0.938. The number of hydrogen-bond acceptors (Lipinski definition) is 7. The number of carboxylic acids is 1. The summed E-state index contributed by atoms with van der Waals surface area (Å²) < 4.78 is 22.7. The van der Waals surface area contributed by atoms with Gasteiger partial charge in [0.1, 0.15) is 48.9 Å². The van der Waals surface area contributed by atoms with Gasteiger partial charge in [0, 0.05) is 94.8 Å². The molecule has 2 aliphatic carbocycles. The molecule has 0 saturated heterocycles. The van der Waals surface area contributed by atoms with Crippen LogP contribution in [0.2, 0.25) is 0 Å². The van der Waals surface area contributed by atoms with E-state index in [0.717, 1.165) is 136 Å². The number of anilines is 2. The van der Waals surface area contributed by atoms with Crippen molar-refractivity contribution in [3.05, 3.63) is 143 Å². The second kappa shape index (κ2) is 24.1. The number of esters is 1. The van der Waals surface area contributed by atoms with Gasteiger partial charge in [0.2, 0.25) is 10.7 Å². The predicted molar refractivity (Wildman–Crippen MR) is 275 cm³/mol. The topological polar surface area (TPSA) is 102 Å². The molecular formula is C57H64Cl2N4O6. The molecule has 2 heterocycles. The molecule has 0 unspecified atom stereocenters. The van der Waals surface area contributed by atoms with Crippen LogP contribution in [-0.4, -0.2) is 76.5 Å². The Morgan fingerprint density at radius 3 is 1.28 bits per heavy atom. The van der Waals surface area contributed by atoms with Crippen LogP contribution in [0.25, 0.3) is 66.8 Å². The van der Waals surface area contributed by atoms with E-state index in [1.54, 1.807) is 12.1 Å². The number of aromatic carboxylic acids is 1. The molecule has 0 amide bonds. The average molecular weight is 972 g/mol. The maximum absolute atomic E-state index is 12.7. The quantitative estimate of drug-likeness (QED) is 0.0901. The highest BCUT2D eigenvalue weighted by Gasteiger charge is 2.25. The van der Waals surface area contributed by atoms with Gasteiger partial charge in [-0.05, 0) is 115 Å². The van der Waals surface area contributed by atoms with Crippen molar-refractivity contribution in [2.45, 2.75) is 55.4 Å². The van der Waals surface area contributed by atoms with Crippen molar-refractivity contribution in [3.8, 4) is 44.9 Å². The summed E-state index contributed by atoms with van der Waals surface area (Å²) in [5.41, 5.74) is 9.86. The van der Waals surface area contributed by atoms with Gasteiger partial charge in [-0.1, -0.05) is 36.4 Å². The number of benzene rings is 6. The summed E-state index contributed by atoms with van der Waals surface area (Å²) in [6.07, 6.45) is 0. The molecule has 4 aromatic rings. The fourth-order valence-corrected chi connectivity index (χ4v) is 9.33. The number of rotatable bonds is 14. The van der Waals surface area contributed by atoms with Crippen molar-refractivity contribution in [2.24, 2.45) is 0 Å². The Morgan fingerprint density at radius 2 is 0.899 bits per heavy atom. The van der Waals surface area contributed by atoms with Crippen LogP contribution >= 0.6 is 0 Å². The molecule has 69 heavy (non-hydrogen) atoms. The van der Waals surface area contributed by atoms with Crippen LogP contribution in [0.5, 0.6) is 0 Å². The van der Waals surface area contributed by atoms with Crippen LogP contribution in [0.1, 0.15) is 76.1 Å². The van der Waals surface area contributed by atoms with Gasteiger partial charge in [-0.2, -0.15) is 0 Å². The first-order valence-electron chi connectivity index (χ1n) is 23.7. The second-order valence-electron chi connectivity index (χ2n) is 16.3. The highest BCUT2D eigenvalue weighted by molar-refractivity contribution is 6.09. The number of hydrogen-bond donors (Lipinski definition) is 1. The molecule has 0 radical (unpaired) electrons. The lowest BCUT2D eigenvalue weighted by atomic mass is 9.90. The molecule has 2 aliphatic heterocycles. The third kappa shape index (κ3) is 10.8. The van der Waals surface area contributed by atoms with E-state index in [1.807, 2.05) is 36.4 Å². The number of carboxylic acid groups (broad SMARTS) is 1. The number of methoxy groups -OCH3 is 1. The van der Waals surface area contributed by atoms with Gasteiger partial charge < -0.3 is 53.3 Å². The maximum Gasteiger partial charge on any atom is 0.338 e. The largest absolute Gasteiger partial charge is 1.00 e. The summed E-state index contributed by atoms with van der Waals surface area (Å²) in [6.45, 7) is 24.4. The molecule has 4 aromatic carbocycles. The Hall–Kier alpha value is -6.62.